The summed E-state index contributed by atoms with van der Waals surface area (Å²) in [5.41, 5.74) is 1.27. The Morgan fingerprint density at radius 1 is 1.16 bits per heavy atom. The van der Waals surface area contributed by atoms with E-state index in [2.05, 4.69) is 64.9 Å². The Labute approximate surface area is 198 Å². The van der Waals surface area contributed by atoms with Crippen LogP contribution in [0.1, 0.15) is 77.4 Å². The van der Waals surface area contributed by atoms with Crippen LogP contribution in [-0.2, 0) is 4.79 Å². The van der Waals surface area contributed by atoms with Gasteiger partial charge >= 0.3 is 0 Å². The highest BCUT2D eigenvalue weighted by Gasteiger charge is 2.26. The summed E-state index contributed by atoms with van der Waals surface area (Å²) >= 11 is 2.82. The number of amides is 1. The van der Waals surface area contributed by atoms with Crippen molar-refractivity contribution in [2.75, 3.05) is 5.32 Å². The first kappa shape index (κ1) is 24.3. The second-order valence-corrected chi connectivity index (χ2v) is 10.2. The van der Waals surface area contributed by atoms with Crippen molar-refractivity contribution in [1.82, 2.24) is 19.7 Å². The van der Waals surface area contributed by atoms with Crippen molar-refractivity contribution in [1.29, 1.82) is 0 Å². The topological polar surface area (TPSA) is 81.9 Å². The molecule has 3 aromatic rings. The van der Waals surface area contributed by atoms with Gasteiger partial charge in [-0.2, -0.15) is 0 Å². The van der Waals surface area contributed by atoms with Crippen LogP contribution in [0.3, 0.4) is 0 Å². The van der Waals surface area contributed by atoms with Crippen LogP contribution in [-0.4, -0.2) is 30.9 Å². The van der Waals surface area contributed by atoms with Gasteiger partial charge in [0.2, 0.25) is 5.91 Å². The molecule has 0 saturated heterocycles. The number of carbonyl (C=O) groups is 1. The number of nitrogens with one attached hydrogen (secondary N) is 1. The Morgan fingerprint density at radius 3 is 2.44 bits per heavy atom. The number of nitrogens with zero attached hydrogens (tertiary/aromatic N) is 4. The predicted octanol–water partition coefficient (Wildman–Crippen LogP) is 6.09. The number of thiazole rings is 1. The van der Waals surface area contributed by atoms with Gasteiger partial charge in [-0.3, -0.25) is 4.79 Å². The minimum Gasteiger partial charge on any atom is -0.483 e. The first-order valence-corrected chi connectivity index (χ1v) is 12.6. The van der Waals surface area contributed by atoms with Gasteiger partial charge in [-0.25, -0.2) is 4.98 Å². The molecule has 2 heterocycles. The van der Waals surface area contributed by atoms with Gasteiger partial charge in [-0.1, -0.05) is 44.7 Å². The van der Waals surface area contributed by atoms with Gasteiger partial charge in [-0.15, -0.1) is 21.5 Å². The lowest BCUT2D eigenvalue weighted by Crippen LogP contribution is -2.25. The number of aromatic nitrogens is 4. The van der Waals surface area contributed by atoms with Crippen molar-refractivity contribution >= 4 is 34.1 Å². The number of thioether (sulfide) groups is 1. The summed E-state index contributed by atoms with van der Waals surface area (Å²) in [5, 5.41) is 14.6. The number of benzene rings is 1. The average Bonchev–Trinajstić information content (AvgIpc) is 3.42. The van der Waals surface area contributed by atoms with E-state index < -0.39 is 0 Å². The van der Waals surface area contributed by atoms with Gasteiger partial charge in [0.1, 0.15) is 5.75 Å². The molecule has 0 aliphatic rings. The van der Waals surface area contributed by atoms with Crippen LogP contribution in [0.25, 0.3) is 0 Å². The highest BCUT2D eigenvalue weighted by atomic mass is 32.2. The van der Waals surface area contributed by atoms with E-state index in [1.165, 1.54) is 28.7 Å². The summed E-state index contributed by atoms with van der Waals surface area (Å²) in [6.07, 6.45) is 2.05. The zero-order chi connectivity index (χ0) is 23.3. The van der Waals surface area contributed by atoms with E-state index in [9.17, 15) is 4.79 Å². The average molecular weight is 474 g/mol. The lowest BCUT2D eigenvalue weighted by Gasteiger charge is -2.20. The summed E-state index contributed by atoms with van der Waals surface area (Å²) < 4.78 is 8.22. The molecule has 0 bridgehead atoms. The second-order valence-electron chi connectivity index (χ2n) is 8.13. The lowest BCUT2D eigenvalue weighted by atomic mass is 10.0. The van der Waals surface area contributed by atoms with E-state index in [0.717, 1.165) is 11.6 Å². The molecular weight excluding hydrogens is 442 g/mol. The molecule has 3 rings (SSSR count). The van der Waals surface area contributed by atoms with Crippen molar-refractivity contribution in [3.05, 3.63) is 47.2 Å². The third kappa shape index (κ3) is 5.89. The molecule has 9 heteroatoms. The van der Waals surface area contributed by atoms with Crippen LogP contribution >= 0.6 is 23.1 Å². The van der Waals surface area contributed by atoms with Crippen LogP contribution in [0.5, 0.6) is 5.75 Å². The van der Waals surface area contributed by atoms with E-state index in [0.29, 0.717) is 22.6 Å². The molecule has 1 aromatic carbocycles. The molecule has 1 amide bonds. The maximum Gasteiger partial charge on any atom is 0.239 e. The zero-order valence-electron chi connectivity index (χ0n) is 19.4. The fourth-order valence-electron chi connectivity index (χ4n) is 3.24. The Hall–Kier alpha value is -2.39. The fraction of sp³-hybridized carbons (Fsp3) is 0.478. The maximum atomic E-state index is 12.7. The molecule has 0 radical (unpaired) electrons. The maximum absolute atomic E-state index is 12.7. The molecule has 32 heavy (non-hydrogen) atoms. The van der Waals surface area contributed by atoms with E-state index in [1.807, 2.05) is 31.4 Å². The largest absolute Gasteiger partial charge is 0.483 e. The van der Waals surface area contributed by atoms with Crippen molar-refractivity contribution in [3.63, 3.8) is 0 Å². The number of carbonyl (C=O) groups excluding carboxylic acids is 1. The van der Waals surface area contributed by atoms with Crippen molar-refractivity contribution < 1.29 is 9.53 Å². The summed E-state index contributed by atoms with van der Waals surface area (Å²) in [5.74, 6) is 1.93. The number of hydrogen-bond acceptors (Lipinski definition) is 7. The molecule has 0 spiro atoms. The molecule has 2 atom stereocenters. The second kappa shape index (κ2) is 11.0. The van der Waals surface area contributed by atoms with Gasteiger partial charge in [-0.05, 0) is 50.8 Å². The predicted molar refractivity (Wildman–Crippen MR) is 131 cm³/mol. The summed E-state index contributed by atoms with van der Waals surface area (Å²) in [7, 11) is 0. The van der Waals surface area contributed by atoms with Crippen LogP contribution in [0.2, 0.25) is 0 Å². The first-order chi connectivity index (χ1) is 15.3. The van der Waals surface area contributed by atoms with Crippen LogP contribution in [0, 0.1) is 0 Å². The van der Waals surface area contributed by atoms with Gasteiger partial charge in [0.25, 0.3) is 0 Å². The first-order valence-electron chi connectivity index (χ1n) is 10.9. The molecule has 2 unspecified atom stereocenters. The molecule has 0 aliphatic carbocycles. The molecule has 7 nitrogen and oxygen atoms in total. The highest BCUT2D eigenvalue weighted by molar-refractivity contribution is 8.00. The lowest BCUT2D eigenvalue weighted by molar-refractivity contribution is -0.115. The van der Waals surface area contributed by atoms with Gasteiger partial charge in [0, 0.05) is 17.6 Å². The van der Waals surface area contributed by atoms with E-state index in [4.69, 9.17) is 4.74 Å². The molecular formula is C23H31N5O2S2. The normalized spacial score (nSPS) is 13.4. The summed E-state index contributed by atoms with van der Waals surface area (Å²) in [6, 6.07) is 8.29. The van der Waals surface area contributed by atoms with Crippen LogP contribution < -0.4 is 10.1 Å². The molecule has 172 valence electrons. The van der Waals surface area contributed by atoms with E-state index in [1.54, 1.807) is 6.20 Å². The van der Waals surface area contributed by atoms with Gasteiger partial charge in [0.05, 0.1) is 5.25 Å². The van der Waals surface area contributed by atoms with Gasteiger partial charge < -0.3 is 14.6 Å². The monoisotopic (exact) mass is 473 g/mol. The molecule has 0 saturated carbocycles. The van der Waals surface area contributed by atoms with Crippen molar-refractivity contribution in [2.24, 2.45) is 0 Å². The Balaban J connectivity index is 1.75. The van der Waals surface area contributed by atoms with Crippen molar-refractivity contribution in [3.8, 4) is 5.75 Å². The van der Waals surface area contributed by atoms with Crippen LogP contribution in [0.15, 0.2) is 41.0 Å². The smallest absolute Gasteiger partial charge is 0.239 e. The summed E-state index contributed by atoms with van der Waals surface area (Å²) in [4.78, 5) is 16.9. The third-order valence-corrected chi connectivity index (χ3v) is 7.01. The van der Waals surface area contributed by atoms with Gasteiger partial charge in [0.15, 0.2) is 22.2 Å². The minimum atomic E-state index is -0.298. The summed E-state index contributed by atoms with van der Waals surface area (Å²) in [6.45, 7) is 12.5. The zero-order valence-corrected chi connectivity index (χ0v) is 21.0. The Bertz CT molecular complexity index is 1000. The number of rotatable bonds is 10. The third-order valence-electron chi connectivity index (χ3n) is 5.00. The number of ether oxygens (including phenoxy) is 1. The standard InChI is InChI=1S/C23H31N5O2S2/c1-7-19(21(29)25-22-24-12-13-31-22)32-23-27-26-20(28(23)15(4)5)16(6)30-18-10-8-17(9-11-18)14(2)3/h8-16,19H,7H2,1-6H3,(H,24,25,29). The molecule has 0 fully saturated rings. The van der Waals surface area contributed by atoms with E-state index >= 15 is 0 Å². The number of hydrogen-bond donors (Lipinski definition) is 1. The highest BCUT2D eigenvalue weighted by Crippen LogP contribution is 2.31. The molecule has 1 N–H and O–H groups in total. The molecule has 2 aromatic heterocycles. The Morgan fingerprint density at radius 2 is 1.88 bits per heavy atom. The fourth-order valence-corrected chi connectivity index (χ4v) is 4.86. The SMILES string of the molecule is CCC(Sc1nnc(C(C)Oc2ccc(C(C)C)cc2)n1C(C)C)C(=O)Nc1nccs1. The van der Waals surface area contributed by atoms with E-state index in [-0.39, 0.29) is 23.3 Å². The minimum absolute atomic E-state index is 0.0816. The number of anilines is 1. The van der Waals surface area contributed by atoms with Crippen molar-refractivity contribution in [2.45, 2.75) is 76.4 Å². The van der Waals surface area contributed by atoms with Crippen LogP contribution in [0.4, 0.5) is 5.13 Å². The Kier molecular flexibility index (Phi) is 8.31. The molecule has 0 aliphatic heterocycles. The quantitative estimate of drug-likeness (QED) is 0.359.